The van der Waals surface area contributed by atoms with Crippen LogP contribution in [0.3, 0.4) is 0 Å². The van der Waals surface area contributed by atoms with E-state index in [1.165, 1.54) is 0 Å². The molecule has 0 N–H and O–H groups in total. The minimum atomic E-state index is 0.508. The van der Waals surface area contributed by atoms with Crippen LogP contribution < -0.4 is 4.74 Å². The van der Waals surface area contributed by atoms with E-state index in [-0.39, 0.29) is 0 Å². The number of aromatic nitrogens is 1. The topological polar surface area (TPSA) is 45.9 Å². The molecule has 0 saturated carbocycles. The fourth-order valence-electron chi connectivity index (χ4n) is 1.65. The van der Waals surface area contributed by atoms with E-state index in [2.05, 4.69) is 11.1 Å². The standard InChI is InChI=1S/C12H9ClN2O/c1-7-5-9(13)11-8(6-14)3-4-10(16-2)12(11)15-7/h3-5H,1-2H3. The molecule has 0 bridgehead atoms. The van der Waals surface area contributed by atoms with Crippen LogP contribution in [-0.4, -0.2) is 12.1 Å². The van der Waals surface area contributed by atoms with Crippen molar-refractivity contribution in [2.75, 3.05) is 7.11 Å². The monoisotopic (exact) mass is 232 g/mol. The van der Waals surface area contributed by atoms with Gasteiger partial charge in [-0.3, -0.25) is 0 Å². The van der Waals surface area contributed by atoms with Crippen LogP contribution in [0.25, 0.3) is 10.9 Å². The summed E-state index contributed by atoms with van der Waals surface area (Å²) < 4.78 is 5.21. The number of aryl methyl sites for hydroxylation is 1. The van der Waals surface area contributed by atoms with Gasteiger partial charge < -0.3 is 4.74 Å². The van der Waals surface area contributed by atoms with Gasteiger partial charge in [-0.05, 0) is 25.1 Å². The lowest BCUT2D eigenvalue weighted by atomic mass is 10.1. The highest BCUT2D eigenvalue weighted by Crippen LogP contribution is 2.32. The van der Waals surface area contributed by atoms with Gasteiger partial charge in [0.25, 0.3) is 0 Å². The molecule has 0 amide bonds. The largest absolute Gasteiger partial charge is 0.494 e. The quantitative estimate of drug-likeness (QED) is 0.759. The summed E-state index contributed by atoms with van der Waals surface area (Å²) in [7, 11) is 1.57. The van der Waals surface area contributed by atoms with Crippen LogP contribution in [0.15, 0.2) is 18.2 Å². The van der Waals surface area contributed by atoms with E-state index in [1.54, 1.807) is 25.3 Å². The van der Waals surface area contributed by atoms with Gasteiger partial charge in [-0.15, -0.1) is 0 Å². The number of hydrogen-bond acceptors (Lipinski definition) is 3. The van der Waals surface area contributed by atoms with Crippen LogP contribution in [0, 0.1) is 18.3 Å². The number of pyridine rings is 1. The van der Waals surface area contributed by atoms with E-state index in [1.807, 2.05) is 6.92 Å². The fourth-order valence-corrected chi connectivity index (χ4v) is 2.00. The zero-order valence-corrected chi connectivity index (χ0v) is 9.67. The van der Waals surface area contributed by atoms with E-state index >= 15 is 0 Å². The predicted molar refractivity (Wildman–Crippen MR) is 62.8 cm³/mol. The molecule has 1 heterocycles. The van der Waals surface area contributed by atoms with Gasteiger partial charge in [0.2, 0.25) is 0 Å². The van der Waals surface area contributed by atoms with Gasteiger partial charge in [0.05, 0.1) is 23.8 Å². The lowest BCUT2D eigenvalue weighted by Crippen LogP contribution is -1.92. The minimum Gasteiger partial charge on any atom is -0.494 e. The second kappa shape index (κ2) is 3.99. The molecular weight excluding hydrogens is 224 g/mol. The summed E-state index contributed by atoms with van der Waals surface area (Å²) in [4.78, 5) is 4.36. The van der Waals surface area contributed by atoms with Gasteiger partial charge in [0.15, 0.2) is 0 Å². The first-order valence-electron chi connectivity index (χ1n) is 4.71. The predicted octanol–water partition coefficient (Wildman–Crippen LogP) is 3.08. The number of nitrogens with zero attached hydrogens (tertiary/aromatic N) is 2. The van der Waals surface area contributed by atoms with Crippen molar-refractivity contribution in [2.24, 2.45) is 0 Å². The second-order valence-corrected chi connectivity index (χ2v) is 3.80. The molecule has 16 heavy (non-hydrogen) atoms. The molecule has 0 aliphatic carbocycles. The van der Waals surface area contributed by atoms with Crippen LogP contribution in [0.2, 0.25) is 5.02 Å². The van der Waals surface area contributed by atoms with Crippen molar-refractivity contribution in [3.05, 3.63) is 34.5 Å². The van der Waals surface area contributed by atoms with Crippen LogP contribution >= 0.6 is 11.6 Å². The average molecular weight is 233 g/mol. The van der Waals surface area contributed by atoms with Gasteiger partial charge in [-0.2, -0.15) is 5.26 Å². The molecule has 0 aliphatic rings. The van der Waals surface area contributed by atoms with Crippen LogP contribution in [0.1, 0.15) is 11.3 Å². The Kier molecular flexibility index (Phi) is 2.67. The molecule has 2 aromatic rings. The first-order chi connectivity index (χ1) is 7.67. The molecule has 0 unspecified atom stereocenters. The Morgan fingerprint density at radius 3 is 2.81 bits per heavy atom. The molecule has 0 radical (unpaired) electrons. The van der Waals surface area contributed by atoms with E-state index in [4.69, 9.17) is 21.6 Å². The number of fused-ring (bicyclic) bond motifs is 1. The van der Waals surface area contributed by atoms with E-state index < -0.39 is 0 Å². The molecule has 1 aromatic carbocycles. The highest BCUT2D eigenvalue weighted by molar-refractivity contribution is 6.36. The lowest BCUT2D eigenvalue weighted by Gasteiger charge is -2.08. The van der Waals surface area contributed by atoms with Crippen molar-refractivity contribution < 1.29 is 4.74 Å². The summed E-state index contributed by atoms with van der Waals surface area (Å²) in [6.45, 7) is 1.85. The van der Waals surface area contributed by atoms with Gasteiger partial charge in [0, 0.05) is 11.1 Å². The summed E-state index contributed by atoms with van der Waals surface area (Å²) in [6, 6.07) is 7.25. The van der Waals surface area contributed by atoms with Crippen molar-refractivity contribution in [2.45, 2.75) is 6.92 Å². The SMILES string of the molecule is COc1ccc(C#N)c2c(Cl)cc(C)nc12. The number of ether oxygens (including phenoxy) is 1. The van der Waals surface area contributed by atoms with E-state index in [0.717, 1.165) is 5.69 Å². The Morgan fingerprint density at radius 2 is 2.19 bits per heavy atom. The van der Waals surface area contributed by atoms with Gasteiger partial charge in [-0.25, -0.2) is 4.98 Å². The summed E-state index contributed by atoms with van der Waals surface area (Å²) in [5.41, 5.74) is 1.94. The number of methoxy groups -OCH3 is 1. The minimum absolute atomic E-state index is 0.508. The van der Waals surface area contributed by atoms with Gasteiger partial charge in [-0.1, -0.05) is 11.6 Å². The average Bonchev–Trinajstić information content (AvgIpc) is 2.27. The number of rotatable bonds is 1. The Balaban J connectivity index is 2.97. The first-order valence-corrected chi connectivity index (χ1v) is 5.09. The molecule has 0 aliphatic heterocycles. The summed E-state index contributed by atoms with van der Waals surface area (Å²) in [6.07, 6.45) is 0. The number of nitriles is 1. The first kappa shape index (κ1) is 10.7. The Hall–Kier alpha value is -1.79. The van der Waals surface area contributed by atoms with Crippen molar-refractivity contribution in [1.29, 1.82) is 5.26 Å². The van der Waals surface area contributed by atoms with Gasteiger partial charge >= 0.3 is 0 Å². The summed E-state index contributed by atoms with van der Waals surface area (Å²) in [5.74, 6) is 0.625. The number of halogens is 1. The van der Waals surface area contributed by atoms with E-state index in [9.17, 15) is 0 Å². The molecule has 0 fully saturated rings. The maximum absolute atomic E-state index is 9.02. The second-order valence-electron chi connectivity index (χ2n) is 3.40. The third-order valence-corrected chi connectivity index (χ3v) is 2.64. The molecule has 0 saturated heterocycles. The number of benzene rings is 1. The van der Waals surface area contributed by atoms with Crippen molar-refractivity contribution >= 4 is 22.5 Å². The Labute approximate surface area is 98.2 Å². The van der Waals surface area contributed by atoms with Crippen LogP contribution in [0.4, 0.5) is 0 Å². The Morgan fingerprint density at radius 1 is 1.44 bits per heavy atom. The molecule has 0 atom stereocenters. The van der Waals surface area contributed by atoms with Crippen molar-refractivity contribution in [1.82, 2.24) is 4.98 Å². The molecule has 2 rings (SSSR count). The smallest absolute Gasteiger partial charge is 0.145 e. The molecule has 0 spiro atoms. The summed E-state index contributed by atoms with van der Waals surface area (Å²) in [5, 5.41) is 10.2. The molecule has 1 aromatic heterocycles. The third kappa shape index (κ3) is 1.58. The molecule has 3 nitrogen and oxygen atoms in total. The normalized spacial score (nSPS) is 10.1. The third-order valence-electron chi connectivity index (χ3n) is 2.34. The van der Waals surface area contributed by atoms with Crippen molar-refractivity contribution in [3.8, 4) is 11.8 Å². The fraction of sp³-hybridized carbons (Fsp3) is 0.167. The molecular formula is C12H9ClN2O. The van der Waals surface area contributed by atoms with Gasteiger partial charge in [0.1, 0.15) is 11.3 Å². The highest BCUT2D eigenvalue weighted by Gasteiger charge is 2.11. The molecule has 4 heteroatoms. The van der Waals surface area contributed by atoms with E-state index in [0.29, 0.717) is 27.2 Å². The zero-order valence-electron chi connectivity index (χ0n) is 8.91. The van der Waals surface area contributed by atoms with Crippen molar-refractivity contribution in [3.63, 3.8) is 0 Å². The summed E-state index contributed by atoms with van der Waals surface area (Å²) >= 11 is 6.13. The lowest BCUT2D eigenvalue weighted by molar-refractivity contribution is 0.419. The molecule has 80 valence electrons. The maximum Gasteiger partial charge on any atom is 0.145 e. The van der Waals surface area contributed by atoms with Crippen LogP contribution in [0.5, 0.6) is 5.75 Å². The highest BCUT2D eigenvalue weighted by atomic mass is 35.5. The zero-order chi connectivity index (χ0) is 11.7. The van der Waals surface area contributed by atoms with Crippen LogP contribution in [-0.2, 0) is 0 Å². The maximum atomic E-state index is 9.02. The number of hydrogen-bond donors (Lipinski definition) is 0. The Bertz CT molecular complexity index is 602.